The minimum atomic E-state index is 0.456. The molecule has 0 aromatic rings. The van der Waals surface area contributed by atoms with E-state index in [-0.39, 0.29) is 0 Å². The Morgan fingerprint density at radius 2 is 1.18 bits per heavy atom. The van der Waals surface area contributed by atoms with Crippen LogP contribution < -0.4 is 11.1 Å². The summed E-state index contributed by atoms with van der Waals surface area (Å²) < 4.78 is 0. The van der Waals surface area contributed by atoms with Crippen LogP contribution in [-0.2, 0) is 0 Å². The first-order valence-electron chi connectivity index (χ1n) is 9.76. The number of hydrogen-bond acceptors (Lipinski definition) is 1. The molecule has 0 spiro atoms. The van der Waals surface area contributed by atoms with Gasteiger partial charge >= 0.3 is 0 Å². The maximum Gasteiger partial charge on any atom is 0.163 e. The topological polar surface area (TPSA) is 38.0 Å². The van der Waals surface area contributed by atoms with Gasteiger partial charge in [0, 0.05) is 6.04 Å². The zero-order chi connectivity index (χ0) is 16.5. The number of nitrogens with two attached hydrogens (primary N) is 1. The van der Waals surface area contributed by atoms with E-state index in [1.807, 2.05) is 0 Å². The van der Waals surface area contributed by atoms with Crippen LogP contribution in [0.25, 0.3) is 0 Å². The summed E-state index contributed by atoms with van der Waals surface area (Å²) in [6, 6.07) is 0.491. The number of unbranched alkanes of at least 4 members (excludes halogenated alkanes) is 11. The maximum absolute atomic E-state index is 5.58. The van der Waals surface area contributed by atoms with Crippen LogP contribution in [-0.4, -0.2) is 11.2 Å². The van der Waals surface area contributed by atoms with Gasteiger partial charge in [-0.3, -0.25) is 0 Å². The summed E-state index contributed by atoms with van der Waals surface area (Å²) in [4.78, 5) is 0. The second-order valence-electron chi connectivity index (χ2n) is 6.67. The van der Waals surface area contributed by atoms with Crippen LogP contribution in [0.4, 0.5) is 0 Å². The van der Waals surface area contributed by atoms with Crippen molar-refractivity contribution < 1.29 is 0 Å². The number of hydrogen-bond donors (Lipinski definition) is 2. The molecule has 0 aromatic heterocycles. The van der Waals surface area contributed by atoms with Gasteiger partial charge in [0.05, 0.1) is 0 Å². The quantitative estimate of drug-likeness (QED) is 0.266. The highest BCUT2D eigenvalue weighted by Gasteiger charge is 2.06. The predicted molar refractivity (Wildman–Crippen MR) is 104 cm³/mol. The van der Waals surface area contributed by atoms with E-state index in [1.165, 1.54) is 96.3 Å². The Labute approximate surface area is 145 Å². The first kappa shape index (κ1) is 21.7. The van der Waals surface area contributed by atoms with Gasteiger partial charge in [0.25, 0.3) is 0 Å². The van der Waals surface area contributed by atoms with Gasteiger partial charge in [0.2, 0.25) is 0 Å². The maximum atomic E-state index is 5.58. The number of nitrogens with one attached hydrogen (secondary N) is 1. The van der Waals surface area contributed by atoms with E-state index in [0.29, 0.717) is 11.2 Å². The molecule has 0 aromatic carbocycles. The third-order valence-electron chi connectivity index (χ3n) is 4.39. The number of rotatable bonds is 16. The Kier molecular flexibility index (Phi) is 16.8. The molecule has 2 nitrogen and oxygen atoms in total. The Balaban J connectivity index is 3.29. The van der Waals surface area contributed by atoms with Crippen LogP contribution in [0.3, 0.4) is 0 Å². The fraction of sp³-hybridized carbons (Fsp3) is 0.947. The first-order valence-corrected chi connectivity index (χ1v) is 10.2. The SMILES string of the molecule is CCCCCCCCCCCCCCC(CCC)NC(N)=S. The van der Waals surface area contributed by atoms with Gasteiger partial charge in [0.15, 0.2) is 5.11 Å². The van der Waals surface area contributed by atoms with Crippen molar-refractivity contribution in [3.8, 4) is 0 Å². The molecule has 0 aliphatic rings. The fourth-order valence-corrected chi connectivity index (χ4v) is 3.24. The van der Waals surface area contributed by atoms with E-state index in [9.17, 15) is 0 Å². The third kappa shape index (κ3) is 16.1. The molecule has 22 heavy (non-hydrogen) atoms. The lowest BCUT2D eigenvalue weighted by atomic mass is 10.0. The molecule has 3 heteroatoms. The zero-order valence-corrected chi connectivity index (χ0v) is 16.0. The highest BCUT2D eigenvalue weighted by molar-refractivity contribution is 7.80. The lowest BCUT2D eigenvalue weighted by Gasteiger charge is -2.17. The minimum absolute atomic E-state index is 0.456. The molecule has 0 bridgehead atoms. The summed E-state index contributed by atoms with van der Waals surface area (Å²) in [5.41, 5.74) is 5.58. The second kappa shape index (κ2) is 17.1. The van der Waals surface area contributed by atoms with Gasteiger partial charge in [-0.15, -0.1) is 0 Å². The summed E-state index contributed by atoms with van der Waals surface area (Å²) in [6.45, 7) is 4.50. The summed E-state index contributed by atoms with van der Waals surface area (Å²) >= 11 is 4.95. The van der Waals surface area contributed by atoms with Crippen LogP contribution >= 0.6 is 12.2 Å². The van der Waals surface area contributed by atoms with Crippen molar-refractivity contribution in [2.75, 3.05) is 0 Å². The van der Waals surface area contributed by atoms with E-state index >= 15 is 0 Å². The van der Waals surface area contributed by atoms with Crippen LogP contribution in [0, 0.1) is 0 Å². The third-order valence-corrected chi connectivity index (χ3v) is 4.51. The highest BCUT2D eigenvalue weighted by Crippen LogP contribution is 2.14. The summed E-state index contributed by atoms with van der Waals surface area (Å²) in [6.07, 6.45) is 20.5. The molecule has 0 saturated carbocycles. The van der Waals surface area contributed by atoms with E-state index in [0.717, 1.165) is 0 Å². The van der Waals surface area contributed by atoms with Crippen LogP contribution in [0.2, 0.25) is 0 Å². The molecule has 1 atom stereocenters. The molecular weight excluding hydrogens is 288 g/mol. The monoisotopic (exact) mass is 328 g/mol. The van der Waals surface area contributed by atoms with Crippen molar-refractivity contribution in [2.45, 2.75) is 116 Å². The van der Waals surface area contributed by atoms with E-state index in [1.54, 1.807) is 0 Å². The summed E-state index contributed by atoms with van der Waals surface area (Å²) in [5, 5.41) is 3.69. The molecule has 3 N–H and O–H groups in total. The molecule has 132 valence electrons. The lowest BCUT2D eigenvalue weighted by Crippen LogP contribution is -2.38. The average molecular weight is 329 g/mol. The molecule has 1 unspecified atom stereocenters. The molecule has 0 heterocycles. The molecule has 0 amide bonds. The van der Waals surface area contributed by atoms with Crippen molar-refractivity contribution in [3.05, 3.63) is 0 Å². The highest BCUT2D eigenvalue weighted by atomic mass is 32.1. The van der Waals surface area contributed by atoms with Gasteiger partial charge in [-0.2, -0.15) is 0 Å². The van der Waals surface area contributed by atoms with Gasteiger partial charge < -0.3 is 11.1 Å². The van der Waals surface area contributed by atoms with Gasteiger partial charge in [-0.25, -0.2) is 0 Å². The van der Waals surface area contributed by atoms with Crippen molar-refractivity contribution in [1.82, 2.24) is 5.32 Å². The largest absolute Gasteiger partial charge is 0.376 e. The molecule has 0 radical (unpaired) electrons. The van der Waals surface area contributed by atoms with Crippen molar-refractivity contribution in [1.29, 1.82) is 0 Å². The Morgan fingerprint density at radius 3 is 1.59 bits per heavy atom. The summed E-state index contributed by atoms with van der Waals surface area (Å²) in [5.74, 6) is 0. The average Bonchev–Trinajstić information content (AvgIpc) is 2.48. The van der Waals surface area contributed by atoms with Gasteiger partial charge in [0.1, 0.15) is 0 Å². The van der Waals surface area contributed by atoms with Crippen molar-refractivity contribution in [2.24, 2.45) is 5.73 Å². The molecule has 0 aliphatic carbocycles. The molecule has 0 saturated heterocycles. The molecular formula is C19H40N2S. The van der Waals surface area contributed by atoms with Gasteiger partial charge in [-0.05, 0) is 25.1 Å². The van der Waals surface area contributed by atoms with Crippen LogP contribution in [0.15, 0.2) is 0 Å². The minimum Gasteiger partial charge on any atom is -0.376 e. The van der Waals surface area contributed by atoms with Crippen LogP contribution in [0.5, 0.6) is 0 Å². The molecule has 0 aliphatic heterocycles. The van der Waals surface area contributed by atoms with Crippen LogP contribution in [0.1, 0.15) is 110 Å². The van der Waals surface area contributed by atoms with E-state index < -0.39 is 0 Å². The Hall–Kier alpha value is -0.310. The van der Waals surface area contributed by atoms with Gasteiger partial charge in [-0.1, -0.05) is 97.3 Å². The zero-order valence-electron chi connectivity index (χ0n) is 15.2. The lowest BCUT2D eigenvalue weighted by molar-refractivity contribution is 0.474. The van der Waals surface area contributed by atoms with Crippen molar-refractivity contribution in [3.63, 3.8) is 0 Å². The summed E-state index contributed by atoms with van der Waals surface area (Å²) in [7, 11) is 0. The number of thiocarbonyl (C=S) groups is 1. The van der Waals surface area contributed by atoms with Crippen molar-refractivity contribution >= 4 is 17.3 Å². The fourth-order valence-electron chi connectivity index (χ4n) is 3.07. The Bertz CT molecular complexity index is 244. The molecule has 0 rings (SSSR count). The first-order chi connectivity index (χ1) is 10.7. The predicted octanol–water partition coefficient (Wildman–Crippen LogP) is 6.08. The molecule has 0 fully saturated rings. The second-order valence-corrected chi connectivity index (χ2v) is 7.11. The standard InChI is InChI=1S/C19H40N2S/c1-3-5-6-7-8-9-10-11-12-13-14-15-17-18(16-4-2)21-19(20)22/h18H,3-17H2,1-2H3,(H3,20,21,22). The smallest absolute Gasteiger partial charge is 0.163 e. The normalized spacial score (nSPS) is 12.3. The Morgan fingerprint density at radius 1 is 0.727 bits per heavy atom. The van der Waals surface area contributed by atoms with E-state index in [4.69, 9.17) is 18.0 Å². The van der Waals surface area contributed by atoms with E-state index in [2.05, 4.69) is 19.2 Å².